The molecule has 0 saturated carbocycles. The maximum atomic E-state index is 14.2. The number of carboxylic acids is 1. The minimum atomic E-state index is -1.11. The second-order valence-corrected chi connectivity index (χ2v) is 13.5. The molecule has 1 aliphatic rings. The quantitative estimate of drug-likeness (QED) is 0.143. The SMILES string of the molecule is C[C@@]1(C(=O)Nc2ccc(Cl)cc2C(=N[C@H](Cc2cccc3ccccc23)C(=O)O)c2ccccc2)CCCN1Cc1ccc(Cl)c(Cl)c1. The van der Waals surface area contributed by atoms with Crippen LogP contribution in [0.15, 0.2) is 114 Å². The van der Waals surface area contributed by atoms with E-state index < -0.39 is 17.6 Å². The molecule has 1 heterocycles. The third-order valence-electron chi connectivity index (χ3n) is 9.03. The molecule has 0 unspecified atom stereocenters. The van der Waals surface area contributed by atoms with Gasteiger partial charge in [0.05, 0.1) is 27.0 Å². The normalized spacial score (nSPS) is 17.4. The van der Waals surface area contributed by atoms with Gasteiger partial charge in [-0.05, 0) is 78.5 Å². The molecule has 0 aliphatic carbocycles. The molecule has 6 rings (SSSR count). The summed E-state index contributed by atoms with van der Waals surface area (Å²) in [5, 5.41) is 17.0. The predicted molar refractivity (Wildman–Crippen MR) is 196 cm³/mol. The van der Waals surface area contributed by atoms with Crippen molar-refractivity contribution in [1.29, 1.82) is 0 Å². The second kappa shape index (κ2) is 14.5. The number of amides is 1. The number of hydrogen-bond acceptors (Lipinski definition) is 4. The van der Waals surface area contributed by atoms with E-state index in [2.05, 4.69) is 10.2 Å². The van der Waals surface area contributed by atoms with E-state index in [9.17, 15) is 14.7 Å². The molecule has 6 nitrogen and oxygen atoms in total. The van der Waals surface area contributed by atoms with Gasteiger partial charge in [0.1, 0.15) is 0 Å². The number of carbonyl (C=O) groups excluding carboxylic acids is 1. The summed E-state index contributed by atoms with van der Waals surface area (Å²) in [6.07, 6.45) is 1.69. The molecule has 0 bridgehead atoms. The van der Waals surface area contributed by atoms with Crippen LogP contribution in [0.2, 0.25) is 15.1 Å². The molecule has 0 aromatic heterocycles. The van der Waals surface area contributed by atoms with E-state index in [1.54, 1.807) is 24.3 Å². The fourth-order valence-corrected chi connectivity index (χ4v) is 6.88. The second-order valence-electron chi connectivity index (χ2n) is 12.2. The van der Waals surface area contributed by atoms with Gasteiger partial charge < -0.3 is 10.4 Å². The number of halogens is 3. The van der Waals surface area contributed by atoms with E-state index in [0.29, 0.717) is 50.6 Å². The number of rotatable bonds is 10. The van der Waals surface area contributed by atoms with E-state index in [1.165, 1.54) is 0 Å². The van der Waals surface area contributed by atoms with Crippen LogP contribution in [0.25, 0.3) is 10.8 Å². The molecule has 1 amide bonds. The van der Waals surface area contributed by atoms with Gasteiger partial charge in [-0.15, -0.1) is 0 Å². The van der Waals surface area contributed by atoms with Crippen molar-refractivity contribution in [2.45, 2.75) is 44.3 Å². The van der Waals surface area contributed by atoms with Crippen LogP contribution in [0.1, 0.15) is 42.0 Å². The predicted octanol–water partition coefficient (Wildman–Crippen LogP) is 9.33. The molecule has 1 saturated heterocycles. The maximum Gasteiger partial charge on any atom is 0.328 e. The highest BCUT2D eigenvalue weighted by Gasteiger charge is 2.43. The minimum Gasteiger partial charge on any atom is -0.480 e. The fourth-order valence-electron chi connectivity index (χ4n) is 6.38. The molecule has 1 aliphatic heterocycles. The monoisotopic (exact) mass is 697 g/mol. The van der Waals surface area contributed by atoms with Gasteiger partial charge in [0, 0.05) is 29.1 Å². The number of benzene rings is 5. The van der Waals surface area contributed by atoms with E-state index in [4.69, 9.17) is 39.8 Å². The van der Waals surface area contributed by atoms with Crippen LogP contribution in [0.4, 0.5) is 5.69 Å². The lowest BCUT2D eigenvalue weighted by molar-refractivity contribution is -0.138. The number of carbonyl (C=O) groups is 2. The summed E-state index contributed by atoms with van der Waals surface area (Å²) in [6, 6.07) is 32.7. The zero-order chi connectivity index (χ0) is 33.8. The molecule has 0 radical (unpaired) electrons. The smallest absolute Gasteiger partial charge is 0.328 e. The summed E-state index contributed by atoms with van der Waals surface area (Å²) in [5.74, 6) is -1.23. The van der Waals surface area contributed by atoms with Gasteiger partial charge in [0.25, 0.3) is 0 Å². The first-order valence-electron chi connectivity index (χ1n) is 15.8. The Labute approximate surface area is 295 Å². The Hall–Kier alpha value is -4.20. The maximum absolute atomic E-state index is 14.2. The Bertz CT molecular complexity index is 2010. The van der Waals surface area contributed by atoms with Gasteiger partial charge in [-0.25, -0.2) is 4.79 Å². The number of nitrogens with zero attached hydrogens (tertiary/aromatic N) is 2. The molecule has 5 aromatic carbocycles. The molecule has 9 heteroatoms. The molecule has 2 atom stereocenters. The number of aliphatic imine (C=N–C) groups is 1. The van der Waals surface area contributed by atoms with Crippen molar-refractivity contribution in [3.05, 3.63) is 147 Å². The highest BCUT2D eigenvalue weighted by atomic mass is 35.5. The first-order valence-corrected chi connectivity index (χ1v) is 16.9. The van der Waals surface area contributed by atoms with Crippen LogP contribution < -0.4 is 5.32 Å². The first kappa shape index (κ1) is 33.7. The highest BCUT2D eigenvalue weighted by molar-refractivity contribution is 6.42. The van der Waals surface area contributed by atoms with Crippen molar-refractivity contribution in [3.63, 3.8) is 0 Å². The zero-order valence-electron chi connectivity index (χ0n) is 26.3. The number of nitrogens with one attached hydrogen (secondary N) is 1. The Kier molecular flexibility index (Phi) is 10.2. The Morgan fingerprint density at radius 1 is 0.896 bits per heavy atom. The molecule has 5 aromatic rings. The van der Waals surface area contributed by atoms with Gasteiger partial charge >= 0.3 is 5.97 Å². The Morgan fingerprint density at radius 2 is 1.65 bits per heavy atom. The number of anilines is 1. The van der Waals surface area contributed by atoms with Gasteiger partial charge in [0.15, 0.2) is 6.04 Å². The average Bonchev–Trinajstić information content (AvgIpc) is 3.46. The van der Waals surface area contributed by atoms with Crippen LogP contribution in [0.3, 0.4) is 0 Å². The summed E-state index contributed by atoms with van der Waals surface area (Å²) in [6.45, 7) is 3.21. The van der Waals surface area contributed by atoms with Crippen molar-refractivity contribution in [2.75, 3.05) is 11.9 Å². The summed E-state index contributed by atoms with van der Waals surface area (Å²) in [5.41, 5.74) is 3.17. The summed E-state index contributed by atoms with van der Waals surface area (Å²) >= 11 is 19.0. The Balaban J connectivity index is 1.37. The fraction of sp³-hybridized carbons (Fsp3) is 0.205. The van der Waals surface area contributed by atoms with Gasteiger partial charge in [0.2, 0.25) is 5.91 Å². The highest BCUT2D eigenvalue weighted by Crippen LogP contribution is 2.34. The lowest BCUT2D eigenvalue weighted by Crippen LogP contribution is -2.50. The van der Waals surface area contributed by atoms with Crippen molar-refractivity contribution < 1.29 is 14.7 Å². The van der Waals surface area contributed by atoms with Crippen molar-refractivity contribution >= 4 is 68.9 Å². The van der Waals surface area contributed by atoms with Crippen LogP contribution >= 0.6 is 34.8 Å². The number of aliphatic carboxylic acids is 1. The number of likely N-dealkylation sites (tertiary alicyclic amines) is 1. The van der Waals surface area contributed by atoms with Crippen LogP contribution in [0.5, 0.6) is 0 Å². The van der Waals surface area contributed by atoms with Crippen LogP contribution in [0, 0.1) is 0 Å². The third-order valence-corrected chi connectivity index (χ3v) is 10.0. The first-order chi connectivity index (χ1) is 23.1. The van der Waals surface area contributed by atoms with Crippen molar-refractivity contribution in [3.8, 4) is 0 Å². The van der Waals surface area contributed by atoms with Crippen molar-refractivity contribution in [2.24, 2.45) is 4.99 Å². The molecule has 0 spiro atoms. The molecular weight excluding hydrogens is 665 g/mol. The standard InChI is InChI=1S/C39H34Cl3N3O3/c1-39(19-8-20-45(39)24-25-15-17-32(41)33(42)21-25)38(48)44-34-18-16-29(40)23-31(34)36(27-10-3-2-4-11-27)43-35(37(46)47)22-28-13-7-12-26-9-5-6-14-30(26)28/h2-7,9-18,21,23,35H,8,19-20,22,24H2,1H3,(H,44,48)(H,46,47)/t35-,39+/m1/s1. The largest absolute Gasteiger partial charge is 0.480 e. The van der Waals surface area contributed by atoms with Crippen LogP contribution in [-0.4, -0.2) is 45.7 Å². The summed E-state index contributed by atoms with van der Waals surface area (Å²) < 4.78 is 0. The van der Waals surface area contributed by atoms with Gasteiger partial charge in [-0.2, -0.15) is 0 Å². The molecule has 1 fully saturated rings. The Morgan fingerprint density at radius 3 is 2.42 bits per heavy atom. The van der Waals surface area contributed by atoms with E-state index in [0.717, 1.165) is 34.9 Å². The molecule has 48 heavy (non-hydrogen) atoms. The van der Waals surface area contributed by atoms with E-state index >= 15 is 0 Å². The van der Waals surface area contributed by atoms with Gasteiger partial charge in [-0.1, -0.05) is 114 Å². The lowest BCUT2D eigenvalue weighted by Gasteiger charge is -2.34. The lowest BCUT2D eigenvalue weighted by atomic mass is 9.95. The van der Waals surface area contributed by atoms with Crippen molar-refractivity contribution in [1.82, 2.24) is 4.90 Å². The van der Waals surface area contributed by atoms with E-state index in [1.807, 2.05) is 91.9 Å². The molecule has 244 valence electrons. The topological polar surface area (TPSA) is 82.0 Å². The minimum absolute atomic E-state index is 0.178. The summed E-state index contributed by atoms with van der Waals surface area (Å²) in [7, 11) is 0. The average molecular weight is 699 g/mol. The summed E-state index contributed by atoms with van der Waals surface area (Å²) in [4.78, 5) is 34.0. The van der Waals surface area contributed by atoms with Crippen LogP contribution in [-0.2, 0) is 22.6 Å². The number of carboxylic acid groups (broad SMARTS) is 1. The molecular formula is C39H34Cl3N3O3. The number of fused-ring (bicyclic) bond motifs is 1. The van der Waals surface area contributed by atoms with E-state index in [-0.39, 0.29) is 12.3 Å². The number of hydrogen-bond donors (Lipinski definition) is 2. The molecule has 2 N–H and O–H groups in total. The third kappa shape index (κ3) is 7.27. The van der Waals surface area contributed by atoms with Gasteiger partial charge in [-0.3, -0.25) is 14.7 Å². The zero-order valence-corrected chi connectivity index (χ0v) is 28.6.